The third kappa shape index (κ3) is 6.54. The molecule has 0 aromatic heterocycles. The molecule has 7 nitrogen and oxygen atoms in total. The number of ether oxygens (including phenoxy) is 2. The SMILES string of the molecule is CCNC(=NCC1CCN(C2CC2)C1)NC1CCN(c2cc(OC)cc(OC)c2)C1.I. The summed E-state index contributed by atoms with van der Waals surface area (Å²) in [6.07, 6.45) is 5.17. The van der Waals surface area contributed by atoms with Crippen molar-refractivity contribution < 1.29 is 9.47 Å². The lowest BCUT2D eigenvalue weighted by Crippen LogP contribution is -2.45. The van der Waals surface area contributed by atoms with Gasteiger partial charge in [0.05, 0.1) is 14.2 Å². The number of nitrogens with one attached hydrogen (secondary N) is 2. The van der Waals surface area contributed by atoms with Gasteiger partial charge in [-0.1, -0.05) is 0 Å². The van der Waals surface area contributed by atoms with Gasteiger partial charge in [-0.05, 0) is 45.1 Å². The number of anilines is 1. The Morgan fingerprint density at radius 1 is 1.03 bits per heavy atom. The molecule has 3 aliphatic rings. The van der Waals surface area contributed by atoms with Gasteiger partial charge in [-0.25, -0.2) is 0 Å². The molecule has 2 atom stereocenters. The van der Waals surface area contributed by atoms with E-state index in [1.54, 1.807) is 14.2 Å². The van der Waals surface area contributed by atoms with Crippen LogP contribution in [0.5, 0.6) is 11.5 Å². The fourth-order valence-electron chi connectivity index (χ4n) is 4.60. The van der Waals surface area contributed by atoms with Crippen molar-refractivity contribution in [3.8, 4) is 11.5 Å². The van der Waals surface area contributed by atoms with Gasteiger partial charge in [-0.15, -0.1) is 24.0 Å². The lowest BCUT2D eigenvalue weighted by Gasteiger charge is -2.21. The molecule has 2 heterocycles. The van der Waals surface area contributed by atoms with E-state index in [0.29, 0.717) is 12.0 Å². The highest BCUT2D eigenvalue weighted by Crippen LogP contribution is 2.32. The van der Waals surface area contributed by atoms with Crippen LogP contribution in [0.1, 0.15) is 32.6 Å². The van der Waals surface area contributed by atoms with Gasteiger partial charge in [-0.3, -0.25) is 4.99 Å². The molecular formula is C23H38IN5O2. The molecule has 0 amide bonds. The lowest BCUT2D eigenvalue weighted by atomic mass is 10.1. The number of halogens is 1. The highest BCUT2D eigenvalue weighted by Gasteiger charge is 2.34. The van der Waals surface area contributed by atoms with Gasteiger partial charge in [0.1, 0.15) is 11.5 Å². The van der Waals surface area contributed by atoms with Gasteiger partial charge in [-0.2, -0.15) is 0 Å². The Morgan fingerprint density at radius 2 is 1.77 bits per heavy atom. The molecule has 2 aliphatic heterocycles. The predicted octanol–water partition coefficient (Wildman–Crippen LogP) is 2.94. The third-order valence-corrected chi connectivity index (χ3v) is 6.46. The molecule has 2 saturated heterocycles. The monoisotopic (exact) mass is 543 g/mol. The zero-order valence-electron chi connectivity index (χ0n) is 19.1. The first-order valence-electron chi connectivity index (χ1n) is 11.5. The van der Waals surface area contributed by atoms with E-state index in [-0.39, 0.29) is 24.0 Å². The molecule has 1 aliphatic carbocycles. The second-order valence-corrected chi connectivity index (χ2v) is 8.75. The summed E-state index contributed by atoms with van der Waals surface area (Å²) in [5.74, 6) is 3.31. The summed E-state index contributed by atoms with van der Waals surface area (Å²) in [4.78, 5) is 9.99. The molecule has 2 N–H and O–H groups in total. The van der Waals surface area contributed by atoms with Crippen molar-refractivity contribution in [1.82, 2.24) is 15.5 Å². The van der Waals surface area contributed by atoms with E-state index in [1.165, 1.54) is 32.4 Å². The summed E-state index contributed by atoms with van der Waals surface area (Å²) >= 11 is 0. The first-order valence-corrected chi connectivity index (χ1v) is 11.5. The van der Waals surface area contributed by atoms with E-state index in [0.717, 1.165) is 61.8 Å². The quantitative estimate of drug-likeness (QED) is 0.299. The summed E-state index contributed by atoms with van der Waals surface area (Å²) in [6, 6.07) is 7.33. The van der Waals surface area contributed by atoms with Crippen molar-refractivity contribution in [2.24, 2.45) is 10.9 Å². The molecule has 4 rings (SSSR count). The molecule has 0 spiro atoms. The maximum Gasteiger partial charge on any atom is 0.191 e. The Kier molecular flexibility index (Phi) is 8.95. The fourth-order valence-corrected chi connectivity index (χ4v) is 4.60. The second kappa shape index (κ2) is 11.4. The third-order valence-electron chi connectivity index (χ3n) is 6.46. The molecule has 0 bridgehead atoms. The number of likely N-dealkylation sites (tertiary alicyclic amines) is 1. The average Bonchev–Trinajstić information content (AvgIpc) is 3.32. The molecule has 8 heteroatoms. The second-order valence-electron chi connectivity index (χ2n) is 8.75. The maximum absolute atomic E-state index is 5.43. The van der Waals surface area contributed by atoms with E-state index in [9.17, 15) is 0 Å². The molecule has 2 unspecified atom stereocenters. The summed E-state index contributed by atoms with van der Waals surface area (Å²) < 4.78 is 10.9. The fraction of sp³-hybridized carbons (Fsp3) is 0.696. The van der Waals surface area contributed by atoms with Crippen LogP contribution in [-0.2, 0) is 0 Å². The van der Waals surface area contributed by atoms with Crippen molar-refractivity contribution in [2.45, 2.75) is 44.7 Å². The predicted molar refractivity (Wildman–Crippen MR) is 137 cm³/mol. The van der Waals surface area contributed by atoms with Gasteiger partial charge in [0, 0.05) is 68.7 Å². The molecule has 174 valence electrons. The number of methoxy groups -OCH3 is 2. The van der Waals surface area contributed by atoms with Crippen LogP contribution in [0, 0.1) is 5.92 Å². The topological polar surface area (TPSA) is 61.4 Å². The van der Waals surface area contributed by atoms with Crippen LogP contribution < -0.4 is 25.0 Å². The Labute approximate surface area is 204 Å². The van der Waals surface area contributed by atoms with Crippen molar-refractivity contribution >= 4 is 35.6 Å². The van der Waals surface area contributed by atoms with E-state index in [4.69, 9.17) is 14.5 Å². The molecule has 0 radical (unpaired) electrons. The zero-order chi connectivity index (χ0) is 20.9. The van der Waals surface area contributed by atoms with Crippen LogP contribution in [0.15, 0.2) is 23.2 Å². The zero-order valence-corrected chi connectivity index (χ0v) is 21.4. The number of benzene rings is 1. The summed E-state index contributed by atoms with van der Waals surface area (Å²) in [5, 5.41) is 7.10. The van der Waals surface area contributed by atoms with Crippen molar-refractivity contribution in [3.05, 3.63) is 18.2 Å². The van der Waals surface area contributed by atoms with Gasteiger partial charge < -0.3 is 29.9 Å². The normalized spacial score (nSPS) is 24.1. The number of hydrogen-bond acceptors (Lipinski definition) is 5. The van der Waals surface area contributed by atoms with Crippen molar-refractivity contribution in [2.75, 3.05) is 58.4 Å². The Morgan fingerprint density at radius 3 is 2.42 bits per heavy atom. The van der Waals surface area contributed by atoms with Crippen LogP contribution in [0.25, 0.3) is 0 Å². The standard InChI is InChI=1S/C23H37N5O2.HI/c1-4-24-23(25-14-17-7-9-27(15-17)19-5-6-19)26-18-8-10-28(16-18)20-11-21(29-2)13-22(12-20)30-3;/h11-13,17-19H,4-10,14-16H2,1-3H3,(H2,24,25,26);1H. The van der Waals surface area contributed by atoms with Crippen molar-refractivity contribution in [3.63, 3.8) is 0 Å². The van der Waals surface area contributed by atoms with Crippen LogP contribution in [-0.4, -0.2) is 76.4 Å². The van der Waals surface area contributed by atoms with E-state index < -0.39 is 0 Å². The van der Waals surface area contributed by atoms with Crippen LogP contribution >= 0.6 is 24.0 Å². The first kappa shape index (κ1) is 24.2. The molecule has 1 aromatic rings. The summed E-state index contributed by atoms with van der Waals surface area (Å²) in [7, 11) is 3.39. The van der Waals surface area contributed by atoms with E-state index >= 15 is 0 Å². The minimum Gasteiger partial charge on any atom is -0.497 e. The summed E-state index contributed by atoms with van der Waals surface area (Å²) in [5.41, 5.74) is 1.14. The van der Waals surface area contributed by atoms with Crippen LogP contribution in [0.4, 0.5) is 5.69 Å². The largest absolute Gasteiger partial charge is 0.497 e. The van der Waals surface area contributed by atoms with E-state index in [1.807, 2.05) is 6.07 Å². The van der Waals surface area contributed by atoms with E-state index in [2.05, 4.69) is 39.5 Å². The smallest absolute Gasteiger partial charge is 0.191 e. The molecule has 1 aromatic carbocycles. The number of hydrogen-bond donors (Lipinski definition) is 2. The summed E-state index contributed by atoms with van der Waals surface area (Å²) in [6.45, 7) is 8.37. The van der Waals surface area contributed by atoms with Gasteiger partial charge in [0.25, 0.3) is 0 Å². The molecular weight excluding hydrogens is 505 g/mol. The van der Waals surface area contributed by atoms with Crippen LogP contribution in [0.3, 0.4) is 0 Å². The number of guanidine groups is 1. The first-order chi connectivity index (χ1) is 14.7. The number of aliphatic imine (C=N–C) groups is 1. The lowest BCUT2D eigenvalue weighted by molar-refractivity contribution is 0.315. The van der Waals surface area contributed by atoms with Gasteiger partial charge in [0.2, 0.25) is 0 Å². The maximum atomic E-state index is 5.43. The molecule has 1 saturated carbocycles. The number of nitrogens with zero attached hydrogens (tertiary/aromatic N) is 3. The van der Waals surface area contributed by atoms with Crippen LogP contribution in [0.2, 0.25) is 0 Å². The van der Waals surface area contributed by atoms with Gasteiger partial charge in [0.15, 0.2) is 5.96 Å². The molecule has 31 heavy (non-hydrogen) atoms. The Hall–Kier alpha value is -1.42. The number of rotatable bonds is 8. The average molecular weight is 543 g/mol. The van der Waals surface area contributed by atoms with Crippen molar-refractivity contribution in [1.29, 1.82) is 0 Å². The minimum atomic E-state index is 0. The highest BCUT2D eigenvalue weighted by atomic mass is 127. The highest BCUT2D eigenvalue weighted by molar-refractivity contribution is 14.0. The molecule has 3 fully saturated rings. The Balaban J connectivity index is 0.00000272. The Bertz CT molecular complexity index is 720. The van der Waals surface area contributed by atoms with Gasteiger partial charge >= 0.3 is 0 Å². The minimum absolute atomic E-state index is 0.